The molecular weight excluding hydrogens is 425 g/mol. The smallest absolute Gasteiger partial charge is 0.205 e. The van der Waals surface area contributed by atoms with Gasteiger partial charge in [-0.3, -0.25) is 0 Å². The van der Waals surface area contributed by atoms with E-state index in [2.05, 4.69) is 35.9 Å². The third-order valence-electron chi connectivity index (χ3n) is 6.41. The lowest BCUT2D eigenvalue weighted by Gasteiger charge is -2.47. The van der Waals surface area contributed by atoms with Crippen LogP contribution in [0.1, 0.15) is 45.3 Å². The number of rotatable bonds is 5. The Morgan fingerprint density at radius 3 is 2.82 bits per heavy atom. The lowest BCUT2D eigenvalue weighted by molar-refractivity contribution is 0.104. The number of aryl methyl sites for hydroxylation is 1. The van der Waals surface area contributed by atoms with Crippen LogP contribution in [0.2, 0.25) is 0 Å². The predicted octanol–water partition coefficient (Wildman–Crippen LogP) is 2.02. The highest BCUT2D eigenvalue weighted by Gasteiger charge is 2.46. The van der Waals surface area contributed by atoms with E-state index in [-0.39, 0.29) is 35.4 Å². The van der Waals surface area contributed by atoms with Crippen LogP contribution in [0.25, 0.3) is 22.8 Å². The van der Waals surface area contributed by atoms with Crippen LogP contribution >= 0.6 is 0 Å². The zero-order chi connectivity index (χ0) is 27.0. The molecule has 6 rings (SSSR count). The summed E-state index contributed by atoms with van der Waals surface area (Å²) in [7, 11) is 1.62. The largest absolute Gasteiger partial charge is 0.507 e. The van der Waals surface area contributed by atoms with Crippen LogP contribution in [0, 0.1) is 0 Å². The number of phenolic OH excluding ortho intramolecular Hbond substituents is 1. The second kappa shape index (κ2) is 7.98. The van der Waals surface area contributed by atoms with Gasteiger partial charge in [-0.1, -0.05) is 12.5 Å². The summed E-state index contributed by atoms with van der Waals surface area (Å²) in [6.45, 7) is 0. The van der Waals surface area contributed by atoms with Gasteiger partial charge in [0.25, 0.3) is 0 Å². The summed E-state index contributed by atoms with van der Waals surface area (Å²) >= 11 is 0. The number of benzene rings is 1. The van der Waals surface area contributed by atoms with Crippen LogP contribution in [0.5, 0.6) is 5.75 Å². The number of hydrogen-bond acceptors (Lipinski definition) is 9. The molecule has 2 N–H and O–H groups in total. The van der Waals surface area contributed by atoms with Crippen molar-refractivity contribution in [1.82, 2.24) is 40.7 Å². The van der Waals surface area contributed by atoms with Crippen LogP contribution in [0.4, 0.5) is 10.2 Å². The van der Waals surface area contributed by atoms with Crippen molar-refractivity contribution in [2.75, 3.05) is 4.90 Å². The van der Waals surface area contributed by atoms with Crippen molar-refractivity contribution in [2.24, 2.45) is 7.05 Å². The summed E-state index contributed by atoms with van der Waals surface area (Å²) in [5, 5.41) is 33.9. The van der Waals surface area contributed by atoms with E-state index in [9.17, 15) is 5.11 Å². The first-order valence-corrected chi connectivity index (χ1v) is 10.9. The molecule has 11 heteroatoms. The molecule has 2 saturated heterocycles. The highest BCUT2D eigenvalue weighted by Crippen LogP contribution is 2.39. The summed E-state index contributed by atoms with van der Waals surface area (Å²) in [6.07, 6.45) is -2.80. The average molecular weight is 457 g/mol. The van der Waals surface area contributed by atoms with E-state index in [4.69, 9.17) is 6.85 Å². The van der Waals surface area contributed by atoms with Crippen LogP contribution in [-0.2, 0) is 7.05 Å². The second-order valence-electron chi connectivity index (χ2n) is 8.59. The Bertz CT molecular complexity index is 1360. The van der Waals surface area contributed by atoms with Crippen molar-refractivity contribution in [3.8, 4) is 28.5 Å². The Hall–Kier alpha value is -3.21. The van der Waals surface area contributed by atoms with Gasteiger partial charge >= 0.3 is 0 Å². The normalized spacial score (nSPS) is 33.1. The van der Waals surface area contributed by atoms with Crippen molar-refractivity contribution in [3.05, 3.63) is 24.4 Å². The van der Waals surface area contributed by atoms with E-state index in [0.29, 0.717) is 17.8 Å². The third-order valence-corrected chi connectivity index (χ3v) is 6.41. The molecule has 0 radical (unpaired) electrons. The number of hydrogen-bond donors (Lipinski definition) is 2. The van der Waals surface area contributed by atoms with Gasteiger partial charge in [0.05, 0.1) is 26.2 Å². The maximum atomic E-state index is 15.7. The van der Waals surface area contributed by atoms with Crippen molar-refractivity contribution in [1.29, 1.82) is 0 Å². The molecule has 2 aromatic heterocycles. The van der Waals surface area contributed by atoms with Crippen LogP contribution in [0.3, 0.4) is 0 Å². The first-order chi connectivity index (χ1) is 18.0. The maximum absolute atomic E-state index is 15.7. The molecule has 172 valence electrons. The first-order valence-electron chi connectivity index (χ1n) is 13.4. The minimum atomic E-state index is -2.57. The molecule has 2 aliphatic heterocycles. The number of tetrazole rings is 1. The molecule has 0 amide bonds. The quantitative estimate of drug-likeness (QED) is 0.594. The Labute approximate surface area is 197 Å². The highest BCUT2D eigenvalue weighted by molar-refractivity contribution is 5.70. The lowest BCUT2D eigenvalue weighted by Crippen LogP contribution is -2.62. The Kier molecular flexibility index (Phi) is 3.77. The summed E-state index contributed by atoms with van der Waals surface area (Å²) in [5.74, 6) is 0.106. The van der Waals surface area contributed by atoms with Gasteiger partial charge in [-0.05, 0) is 49.4 Å². The monoisotopic (exact) mass is 456 g/mol. The van der Waals surface area contributed by atoms with E-state index >= 15 is 4.39 Å². The number of aromatic nitrogens is 7. The molecule has 10 nitrogen and oxygen atoms in total. The Morgan fingerprint density at radius 2 is 2.12 bits per heavy atom. The number of alkyl halides is 1. The van der Waals surface area contributed by atoms with Crippen LogP contribution in [-0.4, -0.2) is 70.8 Å². The molecule has 0 unspecified atom stereocenters. The minimum absolute atomic E-state index is 0.0215. The zero-order valence-electron chi connectivity index (χ0n) is 22.9. The van der Waals surface area contributed by atoms with Crippen LogP contribution in [0.15, 0.2) is 24.4 Å². The maximum Gasteiger partial charge on any atom is 0.205 e. The topological polar surface area (TPSA) is 118 Å². The highest BCUT2D eigenvalue weighted by atomic mass is 19.1. The molecule has 2 bridgehead atoms. The molecule has 4 heterocycles. The summed E-state index contributed by atoms with van der Waals surface area (Å²) in [6, 6.07) is 0.773. The van der Waals surface area contributed by atoms with Crippen molar-refractivity contribution in [2.45, 2.75) is 68.7 Å². The molecule has 1 aromatic carbocycles. The van der Waals surface area contributed by atoms with Gasteiger partial charge in [-0.15, -0.1) is 20.4 Å². The van der Waals surface area contributed by atoms with Gasteiger partial charge in [0.15, 0.2) is 11.6 Å². The van der Waals surface area contributed by atoms with Gasteiger partial charge in [-0.25, -0.2) is 9.37 Å². The zero-order valence-corrected chi connectivity index (χ0v) is 17.9. The predicted molar refractivity (Wildman–Crippen MR) is 118 cm³/mol. The van der Waals surface area contributed by atoms with Crippen molar-refractivity contribution in [3.63, 3.8) is 0 Å². The lowest BCUT2D eigenvalue weighted by atomic mass is 9.82. The van der Waals surface area contributed by atoms with Gasteiger partial charge in [0, 0.05) is 29.1 Å². The fraction of sp³-hybridized carbons (Fsp3) is 0.545. The van der Waals surface area contributed by atoms with Gasteiger partial charge in [0.1, 0.15) is 11.9 Å². The number of phenols is 1. The first kappa shape index (κ1) is 15.6. The average Bonchev–Trinajstić information content (AvgIpc) is 3.18. The fourth-order valence-electron chi connectivity index (χ4n) is 4.79. The number of aromatic hydroxyl groups is 1. The van der Waals surface area contributed by atoms with Crippen LogP contribution < -0.4 is 10.2 Å². The summed E-state index contributed by atoms with van der Waals surface area (Å²) in [4.78, 5) is 6.67. The van der Waals surface area contributed by atoms with E-state index < -0.39 is 37.0 Å². The number of halogens is 1. The number of nitrogens with zero attached hydrogens (tertiary/aromatic N) is 8. The second-order valence-corrected chi connectivity index (χ2v) is 8.59. The number of nitrogens with one attached hydrogen (secondary N) is 1. The summed E-state index contributed by atoms with van der Waals surface area (Å²) in [5.41, 5.74) is 0.774. The third kappa shape index (κ3) is 3.79. The Morgan fingerprint density at radius 1 is 1.24 bits per heavy atom. The van der Waals surface area contributed by atoms with E-state index in [1.54, 1.807) is 19.2 Å². The molecule has 3 fully saturated rings. The van der Waals surface area contributed by atoms with Gasteiger partial charge in [0.2, 0.25) is 5.82 Å². The van der Waals surface area contributed by atoms with Crippen molar-refractivity contribution < 1.29 is 16.4 Å². The number of piperidine rings is 2. The molecule has 0 spiro atoms. The van der Waals surface area contributed by atoms with E-state index in [1.165, 1.54) is 17.1 Å². The molecule has 3 aromatic rings. The molecule has 33 heavy (non-hydrogen) atoms. The number of fused-ring (bicyclic) bond motifs is 2. The van der Waals surface area contributed by atoms with E-state index in [1.807, 2.05) is 0 Å². The molecule has 3 aliphatic rings. The molecule has 4 atom stereocenters. The van der Waals surface area contributed by atoms with Crippen molar-refractivity contribution >= 4 is 5.82 Å². The molecular formula is C22H26FN9O. The van der Waals surface area contributed by atoms with E-state index in [0.717, 1.165) is 17.7 Å². The SMILES string of the molecule is [2H]C1([2H])C([2H])([2H])C1([2H])N(c1cnc(-c2ccc(-c3nnn(C)n3)cc2O)nn1)[C@H]1C[C@H]2CCC[C@@H](N2)[C@H]1F. The van der Waals surface area contributed by atoms with Gasteiger partial charge < -0.3 is 15.3 Å². The van der Waals surface area contributed by atoms with Gasteiger partial charge in [-0.2, -0.15) is 4.80 Å². The number of anilines is 1. The molecule has 1 aliphatic carbocycles. The summed E-state index contributed by atoms with van der Waals surface area (Å²) < 4.78 is 57.5. The fourth-order valence-corrected chi connectivity index (χ4v) is 4.79. The Balaban J connectivity index is 1.35. The minimum Gasteiger partial charge on any atom is -0.507 e. The molecule has 1 saturated carbocycles. The standard InChI is InChI=1S/C22H26FN9O/c1-31-29-21(28-30-31)12-5-8-15(18(33)9-12)22-24-11-19(26-27-22)32(14-6-7-14)17-10-13-3-2-4-16(25-13)20(17)23/h5,8-9,11,13-14,16-17,20,25,33H,2-4,6-7,10H2,1H3/t13-,16-,17+,20-/m1/s1/i6D2,7D2,14D.